The highest BCUT2D eigenvalue weighted by Gasteiger charge is 2.25. The predicted molar refractivity (Wildman–Crippen MR) is 58.8 cm³/mol. The average Bonchev–Trinajstić information content (AvgIpc) is 2.30. The Morgan fingerprint density at radius 3 is 2.46 bits per heavy atom. The molecule has 0 amide bonds. The Morgan fingerprint density at radius 2 is 1.85 bits per heavy atom. The number of hydrogen-bond donors (Lipinski definition) is 1. The van der Waals surface area contributed by atoms with Crippen molar-refractivity contribution >= 4 is 0 Å². The molecule has 78 valence electrons. The maximum Gasteiger partial charge on any atom is -0.00208 e. The minimum absolute atomic E-state index is 0.872. The van der Waals surface area contributed by atoms with Crippen molar-refractivity contribution in [3.8, 4) is 0 Å². The third-order valence-electron chi connectivity index (χ3n) is 3.54. The summed E-state index contributed by atoms with van der Waals surface area (Å²) in [6.45, 7) is 6.00. The molecular formula is C12H25N. The molecule has 1 heteroatoms. The molecule has 0 heterocycles. The van der Waals surface area contributed by atoms with Gasteiger partial charge in [0.1, 0.15) is 0 Å². The average molecular weight is 183 g/mol. The lowest BCUT2D eigenvalue weighted by molar-refractivity contribution is 0.235. The van der Waals surface area contributed by atoms with E-state index in [0.717, 1.165) is 17.8 Å². The van der Waals surface area contributed by atoms with Gasteiger partial charge in [-0.3, -0.25) is 0 Å². The second kappa shape index (κ2) is 5.64. The lowest BCUT2D eigenvalue weighted by atomic mass is 9.80. The summed E-state index contributed by atoms with van der Waals surface area (Å²) in [5, 5.41) is 3.35. The van der Waals surface area contributed by atoms with Crippen molar-refractivity contribution in [2.45, 2.75) is 46.0 Å². The lowest BCUT2D eigenvalue weighted by Gasteiger charge is -2.28. The fourth-order valence-corrected chi connectivity index (χ4v) is 2.81. The first-order valence-electron chi connectivity index (χ1n) is 5.90. The van der Waals surface area contributed by atoms with E-state index >= 15 is 0 Å². The molecule has 0 aliphatic heterocycles. The van der Waals surface area contributed by atoms with Crippen molar-refractivity contribution in [2.24, 2.45) is 17.8 Å². The highest BCUT2D eigenvalue weighted by Crippen LogP contribution is 2.33. The summed E-state index contributed by atoms with van der Waals surface area (Å²) in [5.74, 6) is 2.78. The minimum atomic E-state index is 0.872. The summed E-state index contributed by atoms with van der Waals surface area (Å²) in [4.78, 5) is 0. The number of hydrogen-bond acceptors (Lipinski definition) is 1. The van der Waals surface area contributed by atoms with E-state index in [2.05, 4.69) is 26.2 Å². The van der Waals surface area contributed by atoms with Crippen molar-refractivity contribution in [2.75, 3.05) is 13.6 Å². The van der Waals surface area contributed by atoms with Crippen LogP contribution in [0.4, 0.5) is 0 Å². The van der Waals surface area contributed by atoms with Gasteiger partial charge in [0.2, 0.25) is 0 Å². The van der Waals surface area contributed by atoms with Crippen LogP contribution in [-0.2, 0) is 0 Å². The second-order valence-electron chi connectivity index (χ2n) is 4.86. The Kier molecular flexibility index (Phi) is 4.79. The summed E-state index contributed by atoms with van der Waals surface area (Å²) in [5.41, 5.74) is 0. The van der Waals surface area contributed by atoms with Crippen LogP contribution in [0, 0.1) is 17.8 Å². The van der Waals surface area contributed by atoms with E-state index in [9.17, 15) is 0 Å². The molecule has 1 rings (SSSR count). The van der Waals surface area contributed by atoms with E-state index < -0.39 is 0 Å². The number of rotatable bonds is 3. The Hall–Kier alpha value is -0.0400. The van der Waals surface area contributed by atoms with E-state index in [-0.39, 0.29) is 0 Å². The van der Waals surface area contributed by atoms with E-state index in [0.29, 0.717) is 0 Å². The molecule has 0 radical (unpaired) electrons. The normalized spacial score (nSPS) is 30.5. The van der Waals surface area contributed by atoms with Crippen LogP contribution in [0.2, 0.25) is 0 Å². The molecule has 1 aliphatic rings. The van der Waals surface area contributed by atoms with Crippen LogP contribution in [0.15, 0.2) is 0 Å². The first kappa shape index (κ1) is 11.0. The molecule has 1 fully saturated rings. The predicted octanol–water partition coefficient (Wildman–Crippen LogP) is 3.06. The summed E-state index contributed by atoms with van der Waals surface area (Å²) < 4.78 is 0. The van der Waals surface area contributed by atoms with Gasteiger partial charge in [-0.2, -0.15) is 0 Å². The molecule has 2 atom stereocenters. The Balaban J connectivity index is 2.50. The van der Waals surface area contributed by atoms with Gasteiger partial charge in [-0.1, -0.05) is 33.1 Å². The van der Waals surface area contributed by atoms with Crippen LogP contribution in [0.3, 0.4) is 0 Å². The first-order valence-corrected chi connectivity index (χ1v) is 5.90. The topological polar surface area (TPSA) is 12.0 Å². The molecule has 13 heavy (non-hydrogen) atoms. The summed E-state index contributed by atoms with van der Waals surface area (Å²) in [6, 6.07) is 0. The molecule has 1 N–H and O–H groups in total. The van der Waals surface area contributed by atoms with Gasteiger partial charge in [-0.15, -0.1) is 0 Å². The molecule has 1 saturated carbocycles. The largest absolute Gasteiger partial charge is 0.319 e. The molecule has 0 aromatic rings. The van der Waals surface area contributed by atoms with Crippen molar-refractivity contribution in [3.63, 3.8) is 0 Å². The third-order valence-corrected chi connectivity index (χ3v) is 3.54. The quantitative estimate of drug-likeness (QED) is 0.663. The monoisotopic (exact) mass is 183 g/mol. The standard InChI is InChI=1S/C12H25N/c1-10(2)12-8-6-4-5-7-11(12)9-13-3/h10-13H,4-9H2,1-3H3. The van der Waals surface area contributed by atoms with Gasteiger partial charge in [0, 0.05) is 0 Å². The van der Waals surface area contributed by atoms with Gasteiger partial charge in [0.05, 0.1) is 0 Å². The number of nitrogens with one attached hydrogen (secondary N) is 1. The fourth-order valence-electron chi connectivity index (χ4n) is 2.81. The van der Waals surface area contributed by atoms with Crippen molar-refractivity contribution in [1.82, 2.24) is 5.32 Å². The molecule has 2 unspecified atom stereocenters. The Morgan fingerprint density at radius 1 is 1.15 bits per heavy atom. The van der Waals surface area contributed by atoms with Crippen LogP contribution in [0.5, 0.6) is 0 Å². The van der Waals surface area contributed by atoms with Gasteiger partial charge in [0.15, 0.2) is 0 Å². The third kappa shape index (κ3) is 3.30. The molecule has 0 saturated heterocycles. The van der Waals surface area contributed by atoms with Crippen LogP contribution in [0.25, 0.3) is 0 Å². The van der Waals surface area contributed by atoms with Crippen LogP contribution in [-0.4, -0.2) is 13.6 Å². The molecule has 0 bridgehead atoms. The van der Waals surface area contributed by atoms with Crippen molar-refractivity contribution in [1.29, 1.82) is 0 Å². The molecular weight excluding hydrogens is 158 g/mol. The maximum absolute atomic E-state index is 3.35. The zero-order valence-electron chi connectivity index (χ0n) is 9.47. The SMILES string of the molecule is CNCC1CCCCCC1C(C)C. The fraction of sp³-hybridized carbons (Fsp3) is 1.00. The molecule has 0 aromatic carbocycles. The van der Waals surface area contributed by atoms with E-state index in [1.165, 1.54) is 38.6 Å². The van der Waals surface area contributed by atoms with Crippen LogP contribution >= 0.6 is 0 Å². The highest BCUT2D eigenvalue weighted by molar-refractivity contribution is 4.77. The maximum atomic E-state index is 3.35. The van der Waals surface area contributed by atoms with E-state index in [1.54, 1.807) is 0 Å². The Labute approximate surface area is 83.3 Å². The van der Waals surface area contributed by atoms with Gasteiger partial charge < -0.3 is 5.32 Å². The zero-order valence-corrected chi connectivity index (χ0v) is 9.47. The Bertz CT molecular complexity index is 131. The minimum Gasteiger partial charge on any atom is -0.319 e. The lowest BCUT2D eigenvalue weighted by Crippen LogP contribution is -2.28. The molecule has 0 spiro atoms. The van der Waals surface area contributed by atoms with Gasteiger partial charge in [0.25, 0.3) is 0 Å². The molecule has 1 nitrogen and oxygen atoms in total. The summed E-state index contributed by atoms with van der Waals surface area (Å²) in [7, 11) is 2.09. The van der Waals surface area contributed by atoms with Gasteiger partial charge in [-0.25, -0.2) is 0 Å². The van der Waals surface area contributed by atoms with Crippen molar-refractivity contribution < 1.29 is 0 Å². The van der Waals surface area contributed by atoms with Gasteiger partial charge >= 0.3 is 0 Å². The smallest absolute Gasteiger partial charge is 0.00208 e. The van der Waals surface area contributed by atoms with Crippen molar-refractivity contribution in [3.05, 3.63) is 0 Å². The first-order chi connectivity index (χ1) is 6.25. The van der Waals surface area contributed by atoms with Crippen LogP contribution < -0.4 is 5.32 Å². The zero-order chi connectivity index (χ0) is 9.68. The van der Waals surface area contributed by atoms with Crippen LogP contribution in [0.1, 0.15) is 46.0 Å². The van der Waals surface area contributed by atoms with Gasteiger partial charge in [-0.05, 0) is 44.2 Å². The summed E-state index contributed by atoms with van der Waals surface area (Å²) in [6.07, 6.45) is 7.29. The molecule has 0 aromatic heterocycles. The summed E-state index contributed by atoms with van der Waals surface area (Å²) >= 11 is 0. The second-order valence-corrected chi connectivity index (χ2v) is 4.86. The van der Waals surface area contributed by atoms with E-state index in [1.807, 2.05) is 0 Å². The molecule has 1 aliphatic carbocycles. The highest BCUT2D eigenvalue weighted by atomic mass is 14.8. The van der Waals surface area contributed by atoms with E-state index in [4.69, 9.17) is 0 Å².